The van der Waals surface area contributed by atoms with Crippen molar-refractivity contribution in [1.82, 2.24) is 9.80 Å². The maximum atomic E-state index is 12.4. The molecule has 0 unspecified atom stereocenters. The molecule has 0 aliphatic carbocycles. The quantitative estimate of drug-likeness (QED) is 0.905. The summed E-state index contributed by atoms with van der Waals surface area (Å²) in [5.74, 6) is -0.776. The van der Waals surface area contributed by atoms with E-state index in [4.69, 9.17) is 0 Å². The Kier molecular flexibility index (Phi) is 3.92. The Labute approximate surface area is 124 Å². The first-order valence-electron chi connectivity index (χ1n) is 7.46. The van der Waals surface area contributed by atoms with Gasteiger partial charge in [-0.2, -0.15) is 0 Å². The summed E-state index contributed by atoms with van der Waals surface area (Å²) in [5, 5.41) is 9.17. The molecule has 3 rings (SSSR count). The maximum Gasteiger partial charge on any atom is 0.320 e. The van der Waals surface area contributed by atoms with Crippen molar-refractivity contribution >= 4 is 11.9 Å². The van der Waals surface area contributed by atoms with E-state index in [-0.39, 0.29) is 12.5 Å². The van der Waals surface area contributed by atoms with Crippen LogP contribution in [0.2, 0.25) is 0 Å². The number of benzene rings is 1. The number of likely N-dealkylation sites (tertiary alicyclic amines) is 1. The van der Waals surface area contributed by atoms with Crippen LogP contribution in [-0.4, -0.2) is 52.5 Å². The minimum Gasteiger partial charge on any atom is -0.480 e. The van der Waals surface area contributed by atoms with Crippen molar-refractivity contribution in [3.8, 4) is 0 Å². The third kappa shape index (κ3) is 2.93. The van der Waals surface area contributed by atoms with Crippen LogP contribution in [0.15, 0.2) is 24.3 Å². The molecule has 2 aliphatic heterocycles. The molecule has 1 fully saturated rings. The number of carbonyl (C=O) groups is 2. The molecule has 5 nitrogen and oxygen atoms in total. The number of hydrogen-bond acceptors (Lipinski definition) is 3. The molecule has 0 aromatic heterocycles. The maximum absolute atomic E-state index is 12.4. The van der Waals surface area contributed by atoms with E-state index in [0.29, 0.717) is 19.5 Å². The van der Waals surface area contributed by atoms with Crippen LogP contribution in [-0.2, 0) is 22.6 Å². The molecule has 2 aliphatic rings. The predicted molar refractivity (Wildman–Crippen MR) is 77.8 cm³/mol. The molecule has 5 heteroatoms. The third-order valence-electron chi connectivity index (χ3n) is 4.47. The van der Waals surface area contributed by atoms with E-state index in [9.17, 15) is 14.7 Å². The minimum absolute atomic E-state index is 0.0395. The monoisotopic (exact) mass is 288 g/mol. The van der Waals surface area contributed by atoms with Gasteiger partial charge in [-0.1, -0.05) is 24.3 Å². The van der Waals surface area contributed by atoms with Crippen molar-refractivity contribution in [3.63, 3.8) is 0 Å². The molecule has 1 aromatic carbocycles. The molecule has 0 spiro atoms. The second-order valence-corrected chi connectivity index (χ2v) is 5.80. The van der Waals surface area contributed by atoms with Crippen LogP contribution in [0.1, 0.15) is 24.0 Å². The van der Waals surface area contributed by atoms with Gasteiger partial charge >= 0.3 is 5.97 Å². The highest BCUT2D eigenvalue weighted by Crippen LogP contribution is 2.21. The van der Waals surface area contributed by atoms with Crippen LogP contribution >= 0.6 is 0 Å². The lowest BCUT2D eigenvalue weighted by Crippen LogP contribution is -2.45. The molecule has 0 saturated carbocycles. The lowest BCUT2D eigenvalue weighted by Gasteiger charge is -2.31. The number of aliphatic carboxylic acids is 1. The van der Waals surface area contributed by atoms with Crippen molar-refractivity contribution in [2.75, 3.05) is 19.6 Å². The Balaban J connectivity index is 1.63. The molecular weight excluding hydrogens is 268 g/mol. The van der Waals surface area contributed by atoms with Gasteiger partial charge in [-0.05, 0) is 36.9 Å². The van der Waals surface area contributed by atoms with Gasteiger partial charge in [0.1, 0.15) is 6.04 Å². The average molecular weight is 288 g/mol. The van der Waals surface area contributed by atoms with Crippen LogP contribution in [0.25, 0.3) is 0 Å². The van der Waals surface area contributed by atoms with Crippen LogP contribution in [0, 0.1) is 0 Å². The van der Waals surface area contributed by atoms with Gasteiger partial charge in [-0.15, -0.1) is 0 Å². The Morgan fingerprint density at radius 3 is 2.71 bits per heavy atom. The van der Waals surface area contributed by atoms with E-state index in [1.807, 2.05) is 17.0 Å². The van der Waals surface area contributed by atoms with Gasteiger partial charge in [0, 0.05) is 13.1 Å². The highest BCUT2D eigenvalue weighted by atomic mass is 16.4. The molecule has 21 heavy (non-hydrogen) atoms. The van der Waals surface area contributed by atoms with E-state index in [1.165, 1.54) is 11.1 Å². The van der Waals surface area contributed by atoms with Gasteiger partial charge in [0.2, 0.25) is 5.91 Å². The first-order valence-corrected chi connectivity index (χ1v) is 7.46. The van der Waals surface area contributed by atoms with E-state index >= 15 is 0 Å². The fourth-order valence-corrected chi connectivity index (χ4v) is 3.28. The summed E-state index contributed by atoms with van der Waals surface area (Å²) in [6.45, 7) is 2.29. The van der Waals surface area contributed by atoms with E-state index in [0.717, 1.165) is 19.4 Å². The Hall–Kier alpha value is -1.88. The molecule has 1 N–H and O–H groups in total. The van der Waals surface area contributed by atoms with Crippen molar-refractivity contribution in [1.29, 1.82) is 0 Å². The number of hydrogen-bond donors (Lipinski definition) is 1. The molecule has 1 atom stereocenters. The minimum atomic E-state index is -0.815. The van der Waals surface area contributed by atoms with Crippen LogP contribution in [0.4, 0.5) is 0 Å². The van der Waals surface area contributed by atoms with Crippen molar-refractivity contribution < 1.29 is 14.7 Å². The lowest BCUT2D eigenvalue weighted by molar-refractivity contribution is -0.143. The summed E-state index contributed by atoms with van der Waals surface area (Å²) in [4.78, 5) is 27.2. The van der Waals surface area contributed by atoms with Gasteiger partial charge in [-0.3, -0.25) is 14.5 Å². The summed E-state index contributed by atoms with van der Waals surface area (Å²) in [6, 6.07) is 7.69. The van der Waals surface area contributed by atoms with Crippen molar-refractivity contribution in [3.05, 3.63) is 35.4 Å². The fraction of sp³-hybridized carbons (Fsp3) is 0.500. The number of carboxylic acid groups (broad SMARTS) is 1. The number of carbonyl (C=O) groups excluding carboxylic acids is 1. The molecule has 112 valence electrons. The van der Waals surface area contributed by atoms with Gasteiger partial charge in [0.05, 0.1) is 6.54 Å². The van der Waals surface area contributed by atoms with Gasteiger partial charge < -0.3 is 10.0 Å². The second-order valence-electron chi connectivity index (χ2n) is 5.80. The van der Waals surface area contributed by atoms with Crippen molar-refractivity contribution in [2.45, 2.75) is 31.8 Å². The van der Waals surface area contributed by atoms with Crippen LogP contribution < -0.4 is 0 Å². The Morgan fingerprint density at radius 2 is 1.95 bits per heavy atom. The first kappa shape index (κ1) is 14.1. The van der Waals surface area contributed by atoms with E-state index in [1.54, 1.807) is 4.90 Å². The average Bonchev–Trinajstić information content (AvgIpc) is 2.95. The zero-order valence-electron chi connectivity index (χ0n) is 12.0. The molecule has 1 saturated heterocycles. The topological polar surface area (TPSA) is 60.9 Å². The Bertz CT molecular complexity index is 558. The summed E-state index contributed by atoms with van der Waals surface area (Å²) in [6.07, 6.45) is 2.38. The molecule has 0 bridgehead atoms. The zero-order valence-corrected chi connectivity index (χ0v) is 12.0. The second kappa shape index (κ2) is 5.85. The number of amides is 1. The van der Waals surface area contributed by atoms with E-state index < -0.39 is 12.0 Å². The molecule has 1 aromatic rings. The summed E-state index contributed by atoms with van der Waals surface area (Å²) >= 11 is 0. The molecule has 0 radical (unpaired) electrons. The SMILES string of the molecule is O=C(O)[C@@H]1CCCN1CC(=O)N1CCc2ccccc2C1. The van der Waals surface area contributed by atoms with Crippen molar-refractivity contribution in [2.24, 2.45) is 0 Å². The number of fused-ring (bicyclic) bond motifs is 1. The molecule has 1 amide bonds. The molecule has 2 heterocycles. The largest absolute Gasteiger partial charge is 0.480 e. The van der Waals surface area contributed by atoms with Crippen LogP contribution in [0.3, 0.4) is 0 Å². The fourth-order valence-electron chi connectivity index (χ4n) is 3.28. The highest BCUT2D eigenvalue weighted by Gasteiger charge is 2.33. The van der Waals surface area contributed by atoms with Crippen LogP contribution in [0.5, 0.6) is 0 Å². The first-order chi connectivity index (χ1) is 10.1. The predicted octanol–water partition coefficient (Wildman–Crippen LogP) is 1.12. The smallest absolute Gasteiger partial charge is 0.320 e. The zero-order chi connectivity index (χ0) is 14.8. The van der Waals surface area contributed by atoms with Gasteiger partial charge in [0.25, 0.3) is 0 Å². The highest BCUT2D eigenvalue weighted by molar-refractivity contribution is 5.80. The number of carboxylic acids is 1. The summed E-state index contributed by atoms with van der Waals surface area (Å²) in [7, 11) is 0. The standard InChI is InChI=1S/C16H20N2O3/c19-15(11-17-8-3-6-14(17)16(20)21)18-9-7-12-4-1-2-5-13(12)10-18/h1-2,4-5,14H,3,6-11H2,(H,20,21)/t14-/m0/s1. The van der Waals surface area contributed by atoms with Gasteiger partial charge in [0.15, 0.2) is 0 Å². The summed E-state index contributed by atoms with van der Waals surface area (Å²) in [5.41, 5.74) is 2.51. The molecular formula is C16H20N2O3. The van der Waals surface area contributed by atoms with Gasteiger partial charge in [-0.25, -0.2) is 0 Å². The normalized spacial score (nSPS) is 22.1. The summed E-state index contributed by atoms with van der Waals surface area (Å²) < 4.78 is 0. The van der Waals surface area contributed by atoms with E-state index in [2.05, 4.69) is 12.1 Å². The lowest BCUT2D eigenvalue weighted by atomic mass is 10.00. The Morgan fingerprint density at radius 1 is 1.19 bits per heavy atom. The number of nitrogens with zero attached hydrogens (tertiary/aromatic N) is 2. The number of rotatable bonds is 3. The third-order valence-corrected chi connectivity index (χ3v) is 4.47.